The fourth-order valence-corrected chi connectivity index (χ4v) is 2.71. The summed E-state index contributed by atoms with van der Waals surface area (Å²) in [5, 5.41) is 0.993. The van der Waals surface area contributed by atoms with Crippen LogP contribution in [-0.4, -0.2) is 32.3 Å². The quantitative estimate of drug-likeness (QED) is 0.468. The molecule has 1 rings (SSSR count). The van der Waals surface area contributed by atoms with Gasteiger partial charge in [0.2, 0.25) is 0 Å². The number of alkyl halides is 1. The first-order valence-electron chi connectivity index (χ1n) is 6.16. The van der Waals surface area contributed by atoms with E-state index < -0.39 is 0 Å². The average Bonchev–Trinajstić information content (AvgIpc) is 2.39. The molecule has 0 bridgehead atoms. The predicted molar refractivity (Wildman–Crippen MR) is 82.6 cm³/mol. The number of rotatable bonds is 9. The SMILES string of the molecule is COCCOCCCC(CBr)c1ccc(Br)cc1. The van der Waals surface area contributed by atoms with E-state index in [0.29, 0.717) is 19.1 Å². The maximum absolute atomic E-state index is 5.48. The Morgan fingerprint density at radius 1 is 1.11 bits per heavy atom. The summed E-state index contributed by atoms with van der Waals surface area (Å²) in [5.41, 5.74) is 1.38. The highest BCUT2D eigenvalue weighted by Gasteiger charge is 2.09. The normalized spacial score (nSPS) is 12.6. The van der Waals surface area contributed by atoms with E-state index >= 15 is 0 Å². The second-order valence-corrected chi connectivity index (χ2v) is 5.71. The van der Waals surface area contributed by atoms with E-state index in [1.807, 2.05) is 0 Å². The molecule has 0 aliphatic heterocycles. The summed E-state index contributed by atoms with van der Waals surface area (Å²) >= 11 is 7.05. The molecule has 1 unspecified atom stereocenters. The van der Waals surface area contributed by atoms with Gasteiger partial charge in [-0.1, -0.05) is 44.0 Å². The van der Waals surface area contributed by atoms with Crippen LogP contribution in [0.15, 0.2) is 28.7 Å². The first-order valence-corrected chi connectivity index (χ1v) is 8.07. The molecule has 0 saturated heterocycles. The van der Waals surface area contributed by atoms with Gasteiger partial charge >= 0.3 is 0 Å². The van der Waals surface area contributed by atoms with Crippen molar-refractivity contribution in [3.05, 3.63) is 34.3 Å². The van der Waals surface area contributed by atoms with Crippen molar-refractivity contribution >= 4 is 31.9 Å². The van der Waals surface area contributed by atoms with Gasteiger partial charge in [0.25, 0.3) is 0 Å². The molecule has 0 aliphatic rings. The van der Waals surface area contributed by atoms with Crippen molar-refractivity contribution in [2.45, 2.75) is 18.8 Å². The summed E-state index contributed by atoms with van der Waals surface area (Å²) in [6.45, 7) is 2.17. The van der Waals surface area contributed by atoms with E-state index in [-0.39, 0.29) is 0 Å². The van der Waals surface area contributed by atoms with Crippen molar-refractivity contribution in [3.8, 4) is 0 Å². The highest BCUT2D eigenvalue weighted by Crippen LogP contribution is 2.24. The standard InChI is InChI=1S/C14H20Br2O2/c1-17-9-10-18-8-2-3-13(11-15)12-4-6-14(16)7-5-12/h4-7,13H,2-3,8-11H2,1H3. The van der Waals surface area contributed by atoms with Crippen molar-refractivity contribution < 1.29 is 9.47 Å². The van der Waals surface area contributed by atoms with Crippen LogP contribution in [0, 0.1) is 0 Å². The number of ether oxygens (including phenoxy) is 2. The summed E-state index contributed by atoms with van der Waals surface area (Å²) in [6.07, 6.45) is 2.22. The summed E-state index contributed by atoms with van der Waals surface area (Å²) in [5.74, 6) is 0.559. The molecule has 18 heavy (non-hydrogen) atoms. The van der Waals surface area contributed by atoms with Crippen LogP contribution in [0.5, 0.6) is 0 Å². The number of halogens is 2. The van der Waals surface area contributed by atoms with Crippen LogP contribution >= 0.6 is 31.9 Å². The monoisotopic (exact) mass is 378 g/mol. The van der Waals surface area contributed by atoms with Crippen molar-refractivity contribution in [1.82, 2.24) is 0 Å². The van der Waals surface area contributed by atoms with Crippen molar-refractivity contribution in [1.29, 1.82) is 0 Å². The molecule has 1 aromatic carbocycles. The topological polar surface area (TPSA) is 18.5 Å². The lowest BCUT2D eigenvalue weighted by Crippen LogP contribution is -2.06. The number of benzene rings is 1. The van der Waals surface area contributed by atoms with E-state index in [2.05, 4.69) is 56.1 Å². The lowest BCUT2D eigenvalue weighted by molar-refractivity contribution is 0.0683. The Morgan fingerprint density at radius 2 is 1.83 bits per heavy atom. The highest BCUT2D eigenvalue weighted by molar-refractivity contribution is 9.10. The molecule has 2 nitrogen and oxygen atoms in total. The lowest BCUT2D eigenvalue weighted by Gasteiger charge is -2.14. The second-order valence-electron chi connectivity index (χ2n) is 4.15. The second kappa shape index (κ2) is 9.96. The summed E-state index contributed by atoms with van der Waals surface area (Å²) in [7, 11) is 1.69. The smallest absolute Gasteiger partial charge is 0.0700 e. The van der Waals surface area contributed by atoms with Gasteiger partial charge in [0, 0.05) is 23.5 Å². The molecule has 102 valence electrons. The van der Waals surface area contributed by atoms with Gasteiger partial charge in [-0.05, 0) is 36.5 Å². The van der Waals surface area contributed by atoms with Gasteiger partial charge in [-0.25, -0.2) is 0 Å². The molecular formula is C14H20Br2O2. The zero-order valence-electron chi connectivity index (χ0n) is 10.7. The average molecular weight is 380 g/mol. The predicted octanol–water partition coefficient (Wildman–Crippen LogP) is 4.37. The van der Waals surface area contributed by atoms with Crippen molar-refractivity contribution in [3.63, 3.8) is 0 Å². The van der Waals surface area contributed by atoms with Crippen LogP contribution in [0.2, 0.25) is 0 Å². The minimum absolute atomic E-state index is 0.559. The van der Waals surface area contributed by atoms with Crippen LogP contribution in [0.3, 0.4) is 0 Å². The van der Waals surface area contributed by atoms with Crippen molar-refractivity contribution in [2.75, 3.05) is 32.3 Å². The van der Waals surface area contributed by atoms with E-state index in [0.717, 1.165) is 29.3 Å². The third kappa shape index (κ3) is 6.32. The van der Waals surface area contributed by atoms with Crippen LogP contribution in [0.1, 0.15) is 24.3 Å². The lowest BCUT2D eigenvalue weighted by atomic mass is 9.96. The zero-order valence-corrected chi connectivity index (χ0v) is 13.9. The Bertz CT molecular complexity index is 314. The molecule has 0 amide bonds. The Kier molecular flexibility index (Phi) is 8.94. The van der Waals surface area contributed by atoms with Gasteiger partial charge in [-0.3, -0.25) is 0 Å². The largest absolute Gasteiger partial charge is 0.382 e. The molecule has 0 aromatic heterocycles. The third-order valence-electron chi connectivity index (χ3n) is 2.80. The van der Waals surface area contributed by atoms with E-state index in [4.69, 9.17) is 9.47 Å². The van der Waals surface area contributed by atoms with Gasteiger partial charge < -0.3 is 9.47 Å². The molecule has 1 aromatic rings. The first kappa shape index (κ1) is 16.2. The molecule has 0 spiro atoms. The van der Waals surface area contributed by atoms with Gasteiger partial charge in [-0.2, -0.15) is 0 Å². The minimum Gasteiger partial charge on any atom is -0.382 e. The molecular weight excluding hydrogens is 360 g/mol. The molecule has 0 fully saturated rings. The number of hydrogen-bond acceptors (Lipinski definition) is 2. The molecule has 0 saturated carbocycles. The van der Waals surface area contributed by atoms with Gasteiger partial charge in [-0.15, -0.1) is 0 Å². The zero-order chi connectivity index (χ0) is 13.2. The summed E-state index contributed by atoms with van der Waals surface area (Å²) < 4.78 is 11.5. The molecule has 0 heterocycles. The van der Waals surface area contributed by atoms with Crippen LogP contribution in [0.4, 0.5) is 0 Å². The number of methoxy groups -OCH3 is 1. The Labute approximate surface area is 126 Å². The maximum atomic E-state index is 5.48. The number of hydrogen-bond donors (Lipinski definition) is 0. The summed E-state index contributed by atoms with van der Waals surface area (Å²) in [6, 6.07) is 8.56. The first-order chi connectivity index (χ1) is 8.77. The Morgan fingerprint density at radius 3 is 2.44 bits per heavy atom. The van der Waals surface area contributed by atoms with Gasteiger partial charge in [0.1, 0.15) is 0 Å². The minimum atomic E-state index is 0.559. The molecule has 0 N–H and O–H groups in total. The van der Waals surface area contributed by atoms with Crippen molar-refractivity contribution in [2.24, 2.45) is 0 Å². The molecule has 1 atom stereocenters. The van der Waals surface area contributed by atoms with Crippen LogP contribution in [-0.2, 0) is 9.47 Å². The fourth-order valence-electron chi connectivity index (χ4n) is 1.74. The van der Waals surface area contributed by atoms with Gasteiger partial charge in [0.15, 0.2) is 0 Å². The van der Waals surface area contributed by atoms with Crippen LogP contribution < -0.4 is 0 Å². The fraction of sp³-hybridized carbons (Fsp3) is 0.571. The van der Waals surface area contributed by atoms with Gasteiger partial charge in [0.05, 0.1) is 13.2 Å². The van der Waals surface area contributed by atoms with E-state index in [9.17, 15) is 0 Å². The maximum Gasteiger partial charge on any atom is 0.0700 e. The Balaban J connectivity index is 2.27. The highest BCUT2D eigenvalue weighted by atomic mass is 79.9. The van der Waals surface area contributed by atoms with Crippen LogP contribution in [0.25, 0.3) is 0 Å². The van der Waals surface area contributed by atoms with E-state index in [1.54, 1.807) is 7.11 Å². The molecule has 4 heteroatoms. The Hall–Kier alpha value is 0.1000. The van der Waals surface area contributed by atoms with E-state index in [1.165, 1.54) is 5.56 Å². The third-order valence-corrected chi connectivity index (χ3v) is 4.11. The molecule has 0 radical (unpaired) electrons. The summed E-state index contributed by atoms with van der Waals surface area (Å²) in [4.78, 5) is 0. The molecule has 0 aliphatic carbocycles.